The molecule has 0 spiro atoms. The zero-order valence-corrected chi connectivity index (χ0v) is 10.7. The van der Waals surface area contributed by atoms with Gasteiger partial charge in [0.2, 0.25) is 5.88 Å². The fourth-order valence-electron chi connectivity index (χ4n) is 1.46. The summed E-state index contributed by atoms with van der Waals surface area (Å²) in [5.41, 5.74) is 1.17. The van der Waals surface area contributed by atoms with Crippen molar-refractivity contribution < 1.29 is 9.47 Å². The molecule has 0 saturated carbocycles. The normalized spacial score (nSPS) is 10.1. The number of ether oxygens (including phenoxy) is 2. The van der Waals surface area contributed by atoms with Gasteiger partial charge >= 0.3 is 0 Å². The predicted molar refractivity (Wildman–Crippen MR) is 69.2 cm³/mol. The molecule has 18 heavy (non-hydrogen) atoms. The molecule has 94 valence electrons. The molecule has 0 fully saturated rings. The first-order valence-electron chi connectivity index (χ1n) is 5.51. The molecular formula is C13H13ClN2O2. The fourth-order valence-corrected chi connectivity index (χ4v) is 1.60. The van der Waals surface area contributed by atoms with Crippen molar-refractivity contribution >= 4 is 11.6 Å². The van der Waals surface area contributed by atoms with Crippen molar-refractivity contribution in [3.63, 3.8) is 0 Å². The van der Waals surface area contributed by atoms with Gasteiger partial charge in [0.05, 0.1) is 26.1 Å². The SMILES string of the molecule is COc1ccc(CCOc2cncc(Cl)n2)cc1. The maximum Gasteiger partial charge on any atom is 0.233 e. The standard InChI is InChI=1S/C13H13ClN2O2/c1-17-11-4-2-10(3-5-11)6-7-18-13-9-15-8-12(14)16-13/h2-5,8-9H,6-7H2,1H3. The summed E-state index contributed by atoms with van der Waals surface area (Å²) in [6.07, 6.45) is 3.80. The third kappa shape index (κ3) is 3.60. The number of methoxy groups -OCH3 is 1. The van der Waals surface area contributed by atoms with E-state index in [2.05, 4.69) is 9.97 Å². The molecule has 5 heteroatoms. The van der Waals surface area contributed by atoms with Crippen LogP contribution < -0.4 is 9.47 Å². The Morgan fingerprint density at radius 1 is 1.17 bits per heavy atom. The van der Waals surface area contributed by atoms with E-state index in [-0.39, 0.29) is 0 Å². The number of aromatic nitrogens is 2. The third-order valence-electron chi connectivity index (χ3n) is 2.38. The largest absolute Gasteiger partial charge is 0.497 e. The second-order valence-electron chi connectivity index (χ2n) is 3.63. The van der Waals surface area contributed by atoms with Gasteiger partial charge in [-0.2, -0.15) is 4.98 Å². The Morgan fingerprint density at radius 3 is 2.61 bits per heavy atom. The summed E-state index contributed by atoms with van der Waals surface area (Å²) in [4.78, 5) is 7.89. The Labute approximate surface area is 111 Å². The summed E-state index contributed by atoms with van der Waals surface area (Å²) in [6, 6.07) is 7.86. The van der Waals surface area contributed by atoms with Crippen molar-refractivity contribution in [1.29, 1.82) is 0 Å². The molecule has 1 aromatic heterocycles. The number of hydrogen-bond acceptors (Lipinski definition) is 4. The van der Waals surface area contributed by atoms with E-state index < -0.39 is 0 Å². The number of rotatable bonds is 5. The highest BCUT2D eigenvalue weighted by Gasteiger charge is 1.99. The maximum atomic E-state index is 5.71. The molecule has 0 atom stereocenters. The van der Waals surface area contributed by atoms with Crippen LogP contribution in [-0.2, 0) is 6.42 Å². The van der Waals surface area contributed by atoms with Crippen LogP contribution in [-0.4, -0.2) is 23.7 Å². The zero-order chi connectivity index (χ0) is 12.8. The van der Waals surface area contributed by atoms with Crippen molar-refractivity contribution in [2.75, 3.05) is 13.7 Å². The Balaban J connectivity index is 1.84. The van der Waals surface area contributed by atoms with Gasteiger partial charge in [0.15, 0.2) is 5.15 Å². The molecular weight excluding hydrogens is 252 g/mol. The molecule has 2 rings (SSSR count). The number of benzene rings is 1. The predicted octanol–water partition coefficient (Wildman–Crippen LogP) is 2.76. The van der Waals surface area contributed by atoms with Gasteiger partial charge in [-0.3, -0.25) is 4.98 Å². The molecule has 4 nitrogen and oxygen atoms in total. The van der Waals surface area contributed by atoms with Crippen molar-refractivity contribution in [3.05, 3.63) is 47.4 Å². The van der Waals surface area contributed by atoms with Crippen molar-refractivity contribution in [3.8, 4) is 11.6 Å². The van der Waals surface area contributed by atoms with Gasteiger partial charge in [0.25, 0.3) is 0 Å². The van der Waals surface area contributed by atoms with Crippen LogP contribution in [0, 0.1) is 0 Å². The van der Waals surface area contributed by atoms with E-state index in [1.54, 1.807) is 13.3 Å². The second kappa shape index (κ2) is 6.21. The Bertz CT molecular complexity index is 503. The molecule has 0 amide bonds. The van der Waals surface area contributed by atoms with E-state index in [0.29, 0.717) is 17.6 Å². The highest BCUT2D eigenvalue weighted by Crippen LogP contribution is 2.13. The lowest BCUT2D eigenvalue weighted by Crippen LogP contribution is -2.03. The molecule has 0 aliphatic carbocycles. The highest BCUT2D eigenvalue weighted by atomic mass is 35.5. The number of nitrogens with zero attached hydrogens (tertiary/aromatic N) is 2. The summed E-state index contributed by atoms with van der Waals surface area (Å²) in [7, 11) is 1.65. The van der Waals surface area contributed by atoms with E-state index in [1.165, 1.54) is 11.8 Å². The maximum absolute atomic E-state index is 5.71. The highest BCUT2D eigenvalue weighted by molar-refractivity contribution is 6.29. The van der Waals surface area contributed by atoms with Crippen LogP contribution in [0.1, 0.15) is 5.56 Å². The second-order valence-corrected chi connectivity index (χ2v) is 4.01. The van der Waals surface area contributed by atoms with E-state index in [1.807, 2.05) is 24.3 Å². The molecule has 0 N–H and O–H groups in total. The monoisotopic (exact) mass is 264 g/mol. The van der Waals surface area contributed by atoms with Crippen molar-refractivity contribution in [1.82, 2.24) is 9.97 Å². The average Bonchev–Trinajstić information content (AvgIpc) is 2.40. The van der Waals surface area contributed by atoms with Crippen LogP contribution in [0.5, 0.6) is 11.6 Å². The minimum absolute atomic E-state index is 0.331. The topological polar surface area (TPSA) is 44.2 Å². The quantitative estimate of drug-likeness (QED) is 0.833. The molecule has 0 bridgehead atoms. The molecule has 2 aromatic rings. The van der Waals surface area contributed by atoms with Crippen LogP contribution in [0.25, 0.3) is 0 Å². The summed E-state index contributed by atoms with van der Waals surface area (Å²) < 4.78 is 10.5. The van der Waals surface area contributed by atoms with Gasteiger partial charge in [-0.05, 0) is 17.7 Å². The number of halogens is 1. The van der Waals surface area contributed by atoms with E-state index in [4.69, 9.17) is 21.1 Å². The Hall–Kier alpha value is -1.81. The molecule has 0 aliphatic heterocycles. The van der Waals surface area contributed by atoms with E-state index >= 15 is 0 Å². The van der Waals surface area contributed by atoms with Crippen molar-refractivity contribution in [2.45, 2.75) is 6.42 Å². The van der Waals surface area contributed by atoms with Crippen LogP contribution in [0.15, 0.2) is 36.7 Å². The molecule has 0 radical (unpaired) electrons. The first-order chi connectivity index (χ1) is 8.78. The van der Waals surface area contributed by atoms with Gasteiger partial charge in [-0.25, -0.2) is 0 Å². The lowest BCUT2D eigenvalue weighted by Gasteiger charge is -2.05. The lowest BCUT2D eigenvalue weighted by molar-refractivity contribution is 0.308. The Kier molecular flexibility index (Phi) is 4.36. The minimum Gasteiger partial charge on any atom is -0.497 e. The van der Waals surface area contributed by atoms with Gasteiger partial charge in [0.1, 0.15) is 5.75 Å². The van der Waals surface area contributed by atoms with Gasteiger partial charge in [0, 0.05) is 6.42 Å². The molecule has 0 unspecified atom stereocenters. The third-order valence-corrected chi connectivity index (χ3v) is 2.56. The van der Waals surface area contributed by atoms with E-state index in [9.17, 15) is 0 Å². The summed E-state index contributed by atoms with van der Waals surface area (Å²) >= 11 is 5.71. The first-order valence-corrected chi connectivity index (χ1v) is 5.89. The van der Waals surface area contributed by atoms with Crippen LogP contribution in [0.2, 0.25) is 5.15 Å². The smallest absolute Gasteiger partial charge is 0.233 e. The van der Waals surface area contributed by atoms with Crippen LogP contribution >= 0.6 is 11.6 Å². The van der Waals surface area contributed by atoms with E-state index in [0.717, 1.165) is 12.2 Å². The lowest BCUT2D eigenvalue weighted by atomic mass is 10.1. The van der Waals surface area contributed by atoms with Crippen LogP contribution in [0.3, 0.4) is 0 Å². The first kappa shape index (κ1) is 12.6. The molecule has 0 aliphatic rings. The summed E-state index contributed by atoms with van der Waals surface area (Å²) in [5, 5.41) is 0.331. The zero-order valence-electron chi connectivity index (χ0n) is 9.97. The fraction of sp³-hybridized carbons (Fsp3) is 0.231. The van der Waals surface area contributed by atoms with Crippen LogP contribution in [0.4, 0.5) is 0 Å². The van der Waals surface area contributed by atoms with Gasteiger partial charge in [-0.15, -0.1) is 0 Å². The van der Waals surface area contributed by atoms with Gasteiger partial charge in [-0.1, -0.05) is 23.7 Å². The molecule has 1 aromatic carbocycles. The molecule has 1 heterocycles. The Morgan fingerprint density at radius 2 is 1.94 bits per heavy atom. The van der Waals surface area contributed by atoms with Gasteiger partial charge < -0.3 is 9.47 Å². The average molecular weight is 265 g/mol. The summed E-state index contributed by atoms with van der Waals surface area (Å²) in [5.74, 6) is 1.29. The van der Waals surface area contributed by atoms with Crippen molar-refractivity contribution in [2.24, 2.45) is 0 Å². The number of hydrogen-bond donors (Lipinski definition) is 0. The molecule has 0 saturated heterocycles. The summed E-state index contributed by atoms with van der Waals surface area (Å²) in [6.45, 7) is 0.529. The minimum atomic E-state index is 0.331.